The minimum absolute atomic E-state index is 0.0968. The van der Waals surface area contributed by atoms with Crippen LogP contribution < -0.4 is 15.4 Å². The predicted molar refractivity (Wildman–Crippen MR) is 203 cm³/mol. The van der Waals surface area contributed by atoms with E-state index in [2.05, 4.69) is 48.3 Å². The Balaban J connectivity index is 1.24. The Morgan fingerprint density at radius 2 is 1.52 bits per heavy atom. The number of thiophene rings is 1. The summed E-state index contributed by atoms with van der Waals surface area (Å²) in [6, 6.07) is 16.3. The number of nitrogens with zero attached hydrogens (tertiary/aromatic N) is 2. The molecule has 1 saturated carbocycles. The summed E-state index contributed by atoms with van der Waals surface area (Å²) >= 11 is 1.35. The first-order chi connectivity index (χ1) is 24.9. The highest BCUT2D eigenvalue weighted by molar-refractivity contribution is 7.14. The second kappa shape index (κ2) is 17.7. The van der Waals surface area contributed by atoms with E-state index in [1.54, 1.807) is 18.5 Å². The van der Waals surface area contributed by atoms with Crippen molar-refractivity contribution in [3.63, 3.8) is 0 Å². The van der Waals surface area contributed by atoms with Crippen molar-refractivity contribution in [3.05, 3.63) is 88.4 Å². The summed E-state index contributed by atoms with van der Waals surface area (Å²) in [4.78, 5) is 49.6. The van der Waals surface area contributed by atoms with Crippen LogP contribution in [0.25, 0.3) is 22.5 Å². The van der Waals surface area contributed by atoms with Crippen molar-refractivity contribution in [2.24, 2.45) is 5.92 Å². The third-order valence-electron chi connectivity index (χ3n) is 9.21. The minimum Gasteiger partial charge on any atom is -0.494 e. The average molecular weight is 727 g/mol. The number of aliphatic hydroxyl groups excluding tert-OH is 1. The maximum Gasteiger partial charge on any atom is 0.328 e. The van der Waals surface area contributed by atoms with E-state index in [-0.39, 0.29) is 17.8 Å². The number of carbonyl (C=O) groups excluding carboxylic acids is 2. The Kier molecular flexibility index (Phi) is 13.2. The zero-order valence-corrected chi connectivity index (χ0v) is 31.2. The third-order valence-corrected chi connectivity index (χ3v) is 10.7. The molecule has 0 saturated heterocycles. The van der Waals surface area contributed by atoms with Gasteiger partial charge in [0.1, 0.15) is 11.8 Å². The Bertz CT molecular complexity index is 1780. The summed E-state index contributed by atoms with van der Waals surface area (Å²) in [5.41, 5.74) is 3.22. The molecule has 0 radical (unpaired) electrons. The van der Waals surface area contributed by atoms with Crippen molar-refractivity contribution in [1.82, 2.24) is 20.6 Å². The molecule has 0 aliphatic heterocycles. The van der Waals surface area contributed by atoms with Crippen LogP contribution >= 0.6 is 11.3 Å². The zero-order valence-electron chi connectivity index (χ0n) is 30.4. The highest BCUT2D eigenvalue weighted by atomic mass is 32.1. The van der Waals surface area contributed by atoms with Gasteiger partial charge in [-0.2, -0.15) is 0 Å². The molecule has 2 unspecified atom stereocenters. The summed E-state index contributed by atoms with van der Waals surface area (Å²) < 4.78 is 5.89. The highest BCUT2D eigenvalue weighted by Crippen LogP contribution is 2.34. The lowest BCUT2D eigenvalue weighted by Gasteiger charge is -2.24. The van der Waals surface area contributed by atoms with Gasteiger partial charge < -0.3 is 25.6 Å². The van der Waals surface area contributed by atoms with Crippen molar-refractivity contribution in [1.29, 1.82) is 0 Å². The van der Waals surface area contributed by atoms with E-state index < -0.39 is 36.0 Å². The molecule has 276 valence electrons. The lowest BCUT2D eigenvalue weighted by Crippen LogP contribution is -2.56. The topological polar surface area (TPSA) is 151 Å². The van der Waals surface area contributed by atoms with E-state index in [0.29, 0.717) is 30.2 Å². The van der Waals surface area contributed by atoms with Gasteiger partial charge in [0.05, 0.1) is 17.6 Å². The number of aliphatic hydroxyl groups is 1. The van der Waals surface area contributed by atoms with E-state index >= 15 is 0 Å². The number of amides is 2. The Labute approximate surface area is 310 Å². The first-order valence-corrected chi connectivity index (χ1v) is 19.0. The van der Waals surface area contributed by atoms with E-state index in [9.17, 15) is 24.6 Å². The lowest BCUT2D eigenvalue weighted by molar-refractivity contribution is -0.145. The number of ether oxygens (including phenoxy) is 1. The van der Waals surface area contributed by atoms with Gasteiger partial charge in [0, 0.05) is 34.8 Å². The summed E-state index contributed by atoms with van der Waals surface area (Å²) in [6.45, 7) is 9.10. The molecular weight excluding hydrogens is 677 g/mol. The van der Waals surface area contributed by atoms with Gasteiger partial charge in [0.15, 0.2) is 11.9 Å². The van der Waals surface area contributed by atoms with Gasteiger partial charge in [0.25, 0.3) is 5.91 Å². The average Bonchev–Trinajstić information content (AvgIpc) is 3.86. The van der Waals surface area contributed by atoms with Crippen molar-refractivity contribution in [2.45, 2.75) is 103 Å². The largest absolute Gasteiger partial charge is 0.494 e. The molecule has 5 rings (SSSR count). The van der Waals surface area contributed by atoms with Crippen LogP contribution in [0.15, 0.2) is 73.1 Å². The third kappa shape index (κ3) is 10.7. The van der Waals surface area contributed by atoms with Gasteiger partial charge in [-0.25, -0.2) is 14.8 Å². The second-order valence-electron chi connectivity index (χ2n) is 14.6. The number of aliphatic carboxylic acids is 1. The molecule has 2 aromatic carbocycles. The Morgan fingerprint density at radius 1 is 0.865 bits per heavy atom. The number of benzene rings is 2. The molecule has 1 fully saturated rings. The fourth-order valence-corrected chi connectivity index (χ4v) is 6.82. The zero-order chi connectivity index (χ0) is 37.3. The standard InChI is InChI=1S/C41H50N4O6S/c1-5-6-7-8-9-22-51-31-18-16-27(17-19-31)30-24-42-37(43-25-30)29-12-10-26(11-13-29)23-32(38(47)45-35(40(49)50)36(46)28-14-15-28)44-39(48)33-20-21-34(52-33)41(2,3)4/h10-13,16-21,24-25,28,32,35-36,46H,5-9,14-15,22-23H2,1-4H3,(H,44,48)(H,45,47)(H,49,50)/t32-,35?,36?/m0/s1. The molecule has 0 bridgehead atoms. The van der Waals surface area contributed by atoms with Crippen molar-refractivity contribution >= 4 is 29.1 Å². The fraction of sp³-hybridized carbons (Fsp3) is 0.439. The number of carboxylic acid groups (broad SMARTS) is 1. The molecule has 11 heteroatoms. The number of unbranched alkanes of at least 4 members (excludes halogenated alkanes) is 4. The van der Waals surface area contributed by atoms with Crippen LogP contribution in [0, 0.1) is 5.92 Å². The van der Waals surface area contributed by atoms with Gasteiger partial charge >= 0.3 is 5.97 Å². The summed E-state index contributed by atoms with van der Waals surface area (Å²) in [5, 5.41) is 25.7. The van der Waals surface area contributed by atoms with Gasteiger partial charge in [-0.15, -0.1) is 11.3 Å². The molecule has 1 aliphatic rings. The molecule has 52 heavy (non-hydrogen) atoms. The number of nitrogens with one attached hydrogen (secondary N) is 2. The molecular formula is C41H50N4O6S. The Morgan fingerprint density at radius 3 is 2.12 bits per heavy atom. The van der Waals surface area contributed by atoms with Crippen LogP contribution in [0.5, 0.6) is 5.75 Å². The molecule has 2 amide bonds. The van der Waals surface area contributed by atoms with E-state index in [0.717, 1.165) is 39.3 Å². The molecule has 2 heterocycles. The Hall–Kier alpha value is -4.61. The van der Waals surface area contributed by atoms with Crippen LogP contribution in [0.1, 0.15) is 92.8 Å². The van der Waals surface area contributed by atoms with Gasteiger partial charge in [0.2, 0.25) is 5.91 Å². The van der Waals surface area contributed by atoms with E-state index in [4.69, 9.17) is 4.74 Å². The normalized spacial score (nSPS) is 14.6. The first-order valence-electron chi connectivity index (χ1n) is 18.2. The quantitative estimate of drug-likeness (QED) is 0.0787. The molecule has 3 atom stereocenters. The maximum absolute atomic E-state index is 13.6. The van der Waals surface area contributed by atoms with Gasteiger partial charge in [-0.3, -0.25) is 9.59 Å². The smallest absolute Gasteiger partial charge is 0.328 e. The second-order valence-corrected chi connectivity index (χ2v) is 15.7. The summed E-state index contributed by atoms with van der Waals surface area (Å²) in [7, 11) is 0. The van der Waals surface area contributed by atoms with Gasteiger partial charge in [-0.1, -0.05) is 89.8 Å². The van der Waals surface area contributed by atoms with Crippen molar-refractivity contribution < 1.29 is 29.3 Å². The fourth-order valence-electron chi connectivity index (χ4n) is 5.85. The number of aromatic nitrogens is 2. The molecule has 4 N–H and O–H groups in total. The van der Waals surface area contributed by atoms with Crippen LogP contribution in [0.2, 0.25) is 0 Å². The SMILES string of the molecule is CCCCCCCOc1ccc(-c2cnc(-c3ccc(C[C@H](NC(=O)c4ccc(C(C)(C)C)s4)C(=O)NC(C(=O)O)C(O)C4CC4)cc3)nc2)cc1. The summed E-state index contributed by atoms with van der Waals surface area (Å²) in [5.74, 6) is -1.23. The van der Waals surface area contributed by atoms with Crippen LogP contribution in [-0.4, -0.2) is 62.8 Å². The van der Waals surface area contributed by atoms with Crippen LogP contribution in [0.4, 0.5) is 0 Å². The molecule has 4 aromatic rings. The van der Waals surface area contributed by atoms with Crippen LogP contribution in [-0.2, 0) is 21.4 Å². The number of rotatable bonds is 18. The summed E-state index contributed by atoms with van der Waals surface area (Å²) in [6.07, 6.45) is 9.83. The number of hydrogen-bond donors (Lipinski definition) is 4. The number of hydrogen-bond acceptors (Lipinski definition) is 8. The molecule has 2 aromatic heterocycles. The van der Waals surface area contributed by atoms with Crippen molar-refractivity contribution in [2.75, 3.05) is 6.61 Å². The number of carbonyl (C=O) groups is 3. The predicted octanol–water partition coefficient (Wildman–Crippen LogP) is 7.20. The monoisotopic (exact) mass is 726 g/mol. The van der Waals surface area contributed by atoms with Crippen LogP contribution in [0.3, 0.4) is 0 Å². The molecule has 10 nitrogen and oxygen atoms in total. The van der Waals surface area contributed by atoms with E-state index in [1.807, 2.05) is 54.6 Å². The highest BCUT2D eigenvalue weighted by Gasteiger charge is 2.40. The number of carboxylic acids is 1. The lowest BCUT2D eigenvalue weighted by atomic mass is 9.95. The van der Waals surface area contributed by atoms with Gasteiger partial charge in [-0.05, 0) is 66.0 Å². The molecule has 1 aliphatic carbocycles. The molecule has 0 spiro atoms. The van der Waals surface area contributed by atoms with Crippen molar-refractivity contribution in [3.8, 4) is 28.3 Å². The first kappa shape index (κ1) is 38.6. The van der Waals surface area contributed by atoms with E-state index in [1.165, 1.54) is 37.0 Å². The maximum atomic E-state index is 13.6. The minimum atomic E-state index is -1.48.